The second kappa shape index (κ2) is 5.40. The molecule has 2 N–H and O–H groups in total. The van der Waals surface area contributed by atoms with Gasteiger partial charge in [0.25, 0.3) is 0 Å². The second-order valence-electron chi connectivity index (χ2n) is 3.15. The number of hydrogen-bond acceptors (Lipinski definition) is 2. The van der Waals surface area contributed by atoms with Crippen molar-refractivity contribution in [3.05, 3.63) is 35.9 Å². The van der Waals surface area contributed by atoms with Crippen molar-refractivity contribution in [2.24, 2.45) is 5.73 Å². The van der Waals surface area contributed by atoms with Gasteiger partial charge in [0, 0.05) is 7.11 Å². The molecule has 0 saturated carbocycles. The maximum Gasteiger partial charge on any atom is 0.246 e. The van der Waals surface area contributed by atoms with E-state index in [0.29, 0.717) is 6.42 Å². The molecule has 0 spiro atoms. The molecule has 1 atom stereocenters. The summed E-state index contributed by atoms with van der Waals surface area (Å²) in [6, 6.07) is 9.95. The van der Waals surface area contributed by atoms with Gasteiger partial charge in [-0.05, 0) is 18.4 Å². The van der Waals surface area contributed by atoms with Gasteiger partial charge in [0.1, 0.15) is 6.10 Å². The van der Waals surface area contributed by atoms with Crippen LogP contribution >= 0.6 is 0 Å². The van der Waals surface area contributed by atoms with Gasteiger partial charge in [0.05, 0.1) is 0 Å². The first-order valence-corrected chi connectivity index (χ1v) is 4.60. The van der Waals surface area contributed by atoms with Crippen molar-refractivity contribution in [3.63, 3.8) is 0 Å². The number of rotatable bonds is 5. The summed E-state index contributed by atoms with van der Waals surface area (Å²) in [4.78, 5) is 10.8. The highest BCUT2D eigenvalue weighted by Gasteiger charge is 2.13. The zero-order valence-electron chi connectivity index (χ0n) is 8.27. The van der Waals surface area contributed by atoms with Crippen molar-refractivity contribution >= 4 is 5.91 Å². The Labute approximate surface area is 83.9 Å². The van der Waals surface area contributed by atoms with Gasteiger partial charge in [-0.3, -0.25) is 4.79 Å². The first kappa shape index (κ1) is 10.7. The van der Waals surface area contributed by atoms with Crippen molar-refractivity contribution in [3.8, 4) is 0 Å². The molecule has 1 unspecified atom stereocenters. The Morgan fingerprint density at radius 2 is 2.07 bits per heavy atom. The van der Waals surface area contributed by atoms with Gasteiger partial charge in [0.2, 0.25) is 5.91 Å². The molecule has 0 radical (unpaired) electrons. The smallest absolute Gasteiger partial charge is 0.246 e. The van der Waals surface area contributed by atoms with Crippen LogP contribution in [-0.4, -0.2) is 19.1 Å². The van der Waals surface area contributed by atoms with Crippen molar-refractivity contribution in [2.75, 3.05) is 7.11 Å². The molecule has 0 heterocycles. The standard InChI is InChI=1S/C11H15NO2/c1-14-10(11(12)13)8-7-9-5-3-2-4-6-9/h2-6,10H,7-8H2,1H3,(H2,12,13). The number of hydrogen-bond donors (Lipinski definition) is 1. The van der Waals surface area contributed by atoms with Crippen LogP contribution in [0.1, 0.15) is 12.0 Å². The predicted octanol–water partition coefficient (Wildman–Crippen LogP) is 1.12. The maximum absolute atomic E-state index is 10.8. The van der Waals surface area contributed by atoms with Crippen LogP contribution in [0.15, 0.2) is 30.3 Å². The Morgan fingerprint density at radius 3 is 2.57 bits per heavy atom. The van der Waals surface area contributed by atoms with Crippen LogP contribution in [0.2, 0.25) is 0 Å². The molecule has 1 aromatic carbocycles. The lowest BCUT2D eigenvalue weighted by molar-refractivity contribution is -0.128. The van der Waals surface area contributed by atoms with Gasteiger partial charge in [-0.2, -0.15) is 0 Å². The minimum atomic E-state index is -0.477. The summed E-state index contributed by atoms with van der Waals surface area (Å²) >= 11 is 0. The molecule has 14 heavy (non-hydrogen) atoms. The van der Waals surface area contributed by atoms with E-state index in [4.69, 9.17) is 10.5 Å². The Morgan fingerprint density at radius 1 is 1.43 bits per heavy atom. The highest BCUT2D eigenvalue weighted by atomic mass is 16.5. The zero-order valence-corrected chi connectivity index (χ0v) is 8.27. The number of carbonyl (C=O) groups is 1. The summed E-state index contributed by atoms with van der Waals surface area (Å²) in [6.07, 6.45) is 0.966. The van der Waals surface area contributed by atoms with Crippen LogP contribution in [0, 0.1) is 0 Å². The third-order valence-corrected chi connectivity index (χ3v) is 2.14. The van der Waals surface area contributed by atoms with E-state index in [0.717, 1.165) is 6.42 Å². The highest BCUT2D eigenvalue weighted by molar-refractivity contribution is 5.78. The molecular weight excluding hydrogens is 178 g/mol. The van der Waals surface area contributed by atoms with Gasteiger partial charge in [-0.15, -0.1) is 0 Å². The van der Waals surface area contributed by atoms with Crippen molar-refractivity contribution in [1.82, 2.24) is 0 Å². The Hall–Kier alpha value is -1.35. The predicted molar refractivity (Wildman–Crippen MR) is 54.8 cm³/mol. The van der Waals surface area contributed by atoms with Crippen LogP contribution < -0.4 is 5.73 Å². The quantitative estimate of drug-likeness (QED) is 0.761. The van der Waals surface area contributed by atoms with Crippen molar-refractivity contribution in [2.45, 2.75) is 18.9 Å². The molecule has 0 aromatic heterocycles. The first-order valence-electron chi connectivity index (χ1n) is 4.60. The average molecular weight is 193 g/mol. The zero-order chi connectivity index (χ0) is 10.4. The number of ether oxygens (including phenoxy) is 1. The molecule has 0 aliphatic carbocycles. The molecule has 1 rings (SSSR count). The number of methoxy groups -OCH3 is 1. The Bertz CT molecular complexity index is 285. The molecule has 76 valence electrons. The molecule has 1 aromatic rings. The van der Waals surface area contributed by atoms with Crippen molar-refractivity contribution < 1.29 is 9.53 Å². The Kier molecular flexibility index (Phi) is 4.13. The van der Waals surface area contributed by atoms with E-state index < -0.39 is 12.0 Å². The van der Waals surface area contributed by atoms with Gasteiger partial charge >= 0.3 is 0 Å². The van der Waals surface area contributed by atoms with Crippen LogP contribution in [0.3, 0.4) is 0 Å². The fourth-order valence-corrected chi connectivity index (χ4v) is 1.32. The van der Waals surface area contributed by atoms with Crippen LogP contribution in [0.25, 0.3) is 0 Å². The molecule has 0 aliphatic heterocycles. The lowest BCUT2D eigenvalue weighted by Gasteiger charge is -2.10. The largest absolute Gasteiger partial charge is 0.372 e. The second-order valence-corrected chi connectivity index (χ2v) is 3.15. The van der Waals surface area contributed by atoms with Crippen LogP contribution in [0.5, 0.6) is 0 Å². The molecule has 0 saturated heterocycles. The molecule has 3 heteroatoms. The van der Waals surface area contributed by atoms with E-state index in [1.165, 1.54) is 12.7 Å². The monoisotopic (exact) mass is 193 g/mol. The number of benzene rings is 1. The fraction of sp³-hybridized carbons (Fsp3) is 0.364. The lowest BCUT2D eigenvalue weighted by Crippen LogP contribution is -2.30. The average Bonchev–Trinajstić information content (AvgIpc) is 2.20. The minimum absolute atomic E-state index is 0.400. The van der Waals surface area contributed by atoms with Gasteiger partial charge in [-0.1, -0.05) is 30.3 Å². The molecule has 0 aliphatic rings. The van der Waals surface area contributed by atoms with E-state index in [1.54, 1.807) is 0 Å². The molecule has 1 amide bonds. The molecular formula is C11H15NO2. The van der Waals surface area contributed by atoms with Gasteiger partial charge in [0.15, 0.2) is 0 Å². The summed E-state index contributed by atoms with van der Waals surface area (Å²) in [5.41, 5.74) is 6.34. The third kappa shape index (κ3) is 3.18. The van der Waals surface area contributed by atoms with E-state index in [9.17, 15) is 4.79 Å². The minimum Gasteiger partial charge on any atom is -0.372 e. The molecule has 3 nitrogen and oxygen atoms in total. The normalized spacial score (nSPS) is 12.4. The van der Waals surface area contributed by atoms with E-state index in [2.05, 4.69) is 0 Å². The summed E-state index contributed by atoms with van der Waals surface area (Å²) in [6.45, 7) is 0. The number of carbonyl (C=O) groups excluding carboxylic acids is 1. The maximum atomic E-state index is 10.8. The van der Waals surface area contributed by atoms with E-state index in [-0.39, 0.29) is 0 Å². The van der Waals surface area contributed by atoms with E-state index in [1.807, 2.05) is 30.3 Å². The van der Waals surface area contributed by atoms with Crippen molar-refractivity contribution in [1.29, 1.82) is 0 Å². The first-order chi connectivity index (χ1) is 6.74. The number of amides is 1. The highest BCUT2D eigenvalue weighted by Crippen LogP contribution is 2.06. The summed E-state index contributed by atoms with van der Waals surface area (Å²) in [7, 11) is 1.50. The topological polar surface area (TPSA) is 52.3 Å². The summed E-state index contributed by atoms with van der Waals surface area (Å²) < 4.78 is 4.96. The van der Waals surface area contributed by atoms with Crippen LogP contribution in [-0.2, 0) is 16.0 Å². The molecule has 0 bridgehead atoms. The lowest BCUT2D eigenvalue weighted by atomic mass is 10.1. The number of nitrogens with two attached hydrogens (primary N) is 1. The number of aryl methyl sites for hydroxylation is 1. The van der Waals surface area contributed by atoms with Gasteiger partial charge in [-0.25, -0.2) is 0 Å². The van der Waals surface area contributed by atoms with Gasteiger partial charge < -0.3 is 10.5 Å². The van der Waals surface area contributed by atoms with Crippen LogP contribution in [0.4, 0.5) is 0 Å². The summed E-state index contributed by atoms with van der Waals surface area (Å²) in [5.74, 6) is -0.400. The molecule has 0 fully saturated rings. The fourth-order valence-electron chi connectivity index (χ4n) is 1.32. The van der Waals surface area contributed by atoms with E-state index >= 15 is 0 Å². The Balaban J connectivity index is 2.44. The third-order valence-electron chi connectivity index (χ3n) is 2.14. The SMILES string of the molecule is COC(CCc1ccccc1)C(N)=O. The summed E-state index contributed by atoms with van der Waals surface area (Å²) in [5, 5.41) is 0. The number of primary amides is 1.